The van der Waals surface area contributed by atoms with E-state index in [1.165, 1.54) is 5.56 Å². The van der Waals surface area contributed by atoms with Gasteiger partial charge in [-0.1, -0.05) is 97.1 Å². The Bertz CT molecular complexity index is 1170. The molecule has 3 aromatic rings. The lowest BCUT2D eigenvalue weighted by atomic mass is 9.68. The molecule has 4 rings (SSSR count). The van der Waals surface area contributed by atoms with Crippen molar-refractivity contribution in [3.8, 4) is 0 Å². The van der Waals surface area contributed by atoms with E-state index in [2.05, 4.69) is 25.1 Å². The largest absolute Gasteiger partial charge is 0.289 e. The predicted molar refractivity (Wildman–Crippen MR) is 122 cm³/mol. The minimum atomic E-state index is -0.996. The van der Waals surface area contributed by atoms with Gasteiger partial charge in [0, 0.05) is 5.56 Å². The summed E-state index contributed by atoms with van der Waals surface area (Å²) in [6.45, 7) is 4.07. The highest BCUT2D eigenvalue weighted by molar-refractivity contribution is 6.47. The Labute approximate surface area is 177 Å². The van der Waals surface area contributed by atoms with Crippen molar-refractivity contribution in [1.82, 2.24) is 0 Å². The average molecular weight is 392 g/mol. The maximum Gasteiger partial charge on any atom is 0.229 e. The van der Waals surface area contributed by atoms with Gasteiger partial charge in [0.2, 0.25) is 11.6 Å². The molecular weight excluding hydrogens is 368 g/mol. The summed E-state index contributed by atoms with van der Waals surface area (Å²) >= 11 is 0. The first-order valence-electron chi connectivity index (χ1n) is 10.2. The Morgan fingerprint density at radius 3 is 2.03 bits per heavy atom. The number of benzene rings is 3. The number of rotatable bonds is 5. The van der Waals surface area contributed by atoms with Crippen LogP contribution in [0.3, 0.4) is 0 Å². The maximum atomic E-state index is 13.7. The van der Waals surface area contributed by atoms with Crippen molar-refractivity contribution in [2.45, 2.75) is 25.7 Å². The van der Waals surface area contributed by atoms with Crippen LogP contribution in [-0.2, 0) is 10.2 Å². The van der Waals surface area contributed by atoms with Gasteiger partial charge in [-0.15, -0.1) is 0 Å². The van der Waals surface area contributed by atoms with Gasteiger partial charge in [0.25, 0.3) is 0 Å². The lowest BCUT2D eigenvalue weighted by Crippen LogP contribution is -2.40. The smallest absolute Gasteiger partial charge is 0.229 e. The molecule has 148 valence electrons. The zero-order valence-corrected chi connectivity index (χ0v) is 17.3. The Morgan fingerprint density at radius 1 is 0.767 bits per heavy atom. The third kappa shape index (κ3) is 3.46. The summed E-state index contributed by atoms with van der Waals surface area (Å²) in [5.74, 6) is -0.837. The molecule has 2 heteroatoms. The minimum Gasteiger partial charge on any atom is -0.289 e. The van der Waals surface area contributed by atoms with E-state index in [4.69, 9.17) is 0 Å². The number of carbonyl (C=O) groups is 2. The molecule has 0 fully saturated rings. The standard InChI is InChI=1S/C28H24O2/c1-20-10-6-8-14-24(20)22-16-18-28(19-17-22,25-15-9-7-11-21(25)2)27(30)26(29)23-12-4-3-5-13-23/h3-18H,19H2,1-2H3. The summed E-state index contributed by atoms with van der Waals surface area (Å²) in [7, 11) is 0. The molecule has 1 atom stereocenters. The fraction of sp³-hybridized carbons (Fsp3) is 0.143. The predicted octanol–water partition coefficient (Wildman–Crippen LogP) is 6.04. The molecule has 0 spiro atoms. The molecule has 0 saturated heterocycles. The quantitative estimate of drug-likeness (QED) is 0.392. The molecule has 1 aliphatic carbocycles. The zero-order valence-electron chi connectivity index (χ0n) is 17.3. The van der Waals surface area contributed by atoms with Crippen LogP contribution in [0.4, 0.5) is 0 Å². The van der Waals surface area contributed by atoms with Gasteiger partial charge in [0.1, 0.15) is 0 Å². The molecule has 2 nitrogen and oxygen atoms in total. The highest BCUT2D eigenvalue weighted by atomic mass is 16.2. The molecule has 1 unspecified atom stereocenters. The van der Waals surface area contributed by atoms with Gasteiger partial charge in [-0.2, -0.15) is 0 Å². The molecule has 0 bridgehead atoms. The Morgan fingerprint density at radius 2 is 1.40 bits per heavy atom. The fourth-order valence-corrected chi connectivity index (χ4v) is 4.22. The second kappa shape index (κ2) is 8.08. The minimum absolute atomic E-state index is 0.390. The molecule has 0 aromatic heterocycles. The van der Waals surface area contributed by atoms with Crippen LogP contribution in [0.5, 0.6) is 0 Å². The number of ketones is 2. The van der Waals surface area contributed by atoms with Crippen LogP contribution >= 0.6 is 0 Å². The van der Waals surface area contributed by atoms with Gasteiger partial charge in [-0.05, 0) is 48.1 Å². The number of hydrogen-bond acceptors (Lipinski definition) is 2. The lowest BCUT2D eigenvalue weighted by Gasteiger charge is -2.32. The van der Waals surface area contributed by atoms with Gasteiger partial charge in [0.15, 0.2) is 0 Å². The Hall–Kier alpha value is -3.52. The summed E-state index contributed by atoms with van der Waals surface area (Å²) in [6, 6.07) is 24.9. The van der Waals surface area contributed by atoms with Gasteiger partial charge in [-0.25, -0.2) is 0 Å². The van der Waals surface area contributed by atoms with Gasteiger partial charge < -0.3 is 0 Å². The molecule has 0 heterocycles. The highest BCUT2D eigenvalue weighted by Gasteiger charge is 2.43. The van der Waals surface area contributed by atoms with E-state index in [0.717, 1.165) is 22.3 Å². The Balaban J connectivity index is 1.79. The van der Waals surface area contributed by atoms with E-state index in [1.54, 1.807) is 24.3 Å². The van der Waals surface area contributed by atoms with E-state index in [-0.39, 0.29) is 5.78 Å². The van der Waals surface area contributed by atoms with Gasteiger partial charge in [0.05, 0.1) is 5.41 Å². The number of Topliss-reactive ketones (excluding diaryl/α,β-unsaturated/α-hetero) is 2. The molecule has 0 saturated carbocycles. The Kier molecular flexibility index (Phi) is 5.33. The van der Waals surface area contributed by atoms with Crippen LogP contribution in [0.1, 0.15) is 39.0 Å². The number of allylic oxidation sites excluding steroid dienone is 4. The molecule has 1 aliphatic rings. The van der Waals surface area contributed by atoms with Crippen molar-refractivity contribution in [2.24, 2.45) is 0 Å². The molecule has 0 radical (unpaired) electrons. The first-order chi connectivity index (χ1) is 14.5. The van der Waals surface area contributed by atoms with Crippen LogP contribution in [0.2, 0.25) is 0 Å². The zero-order chi connectivity index (χ0) is 21.1. The van der Waals surface area contributed by atoms with Crippen molar-refractivity contribution in [3.63, 3.8) is 0 Å². The maximum absolute atomic E-state index is 13.7. The van der Waals surface area contributed by atoms with Gasteiger partial charge in [-0.3, -0.25) is 9.59 Å². The van der Waals surface area contributed by atoms with Crippen molar-refractivity contribution < 1.29 is 9.59 Å². The summed E-state index contributed by atoms with van der Waals surface area (Å²) in [6.07, 6.45) is 6.47. The summed E-state index contributed by atoms with van der Waals surface area (Å²) < 4.78 is 0. The van der Waals surface area contributed by atoms with Crippen molar-refractivity contribution in [2.75, 3.05) is 0 Å². The van der Waals surface area contributed by atoms with Crippen LogP contribution in [-0.4, -0.2) is 11.6 Å². The van der Waals surface area contributed by atoms with Crippen LogP contribution in [0.25, 0.3) is 5.57 Å². The third-order valence-corrected chi connectivity index (χ3v) is 5.92. The molecule has 30 heavy (non-hydrogen) atoms. The van der Waals surface area contributed by atoms with E-state index >= 15 is 0 Å². The molecule has 0 aliphatic heterocycles. The van der Waals surface area contributed by atoms with Crippen LogP contribution < -0.4 is 0 Å². The van der Waals surface area contributed by atoms with Crippen LogP contribution in [0, 0.1) is 13.8 Å². The van der Waals surface area contributed by atoms with E-state index in [9.17, 15) is 9.59 Å². The van der Waals surface area contributed by atoms with Crippen molar-refractivity contribution >= 4 is 17.1 Å². The molecule has 3 aromatic carbocycles. The van der Waals surface area contributed by atoms with Crippen LogP contribution in [0.15, 0.2) is 97.1 Å². The third-order valence-electron chi connectivity index (χ3n) is 5.92. The molecule has 0 N–H and O–H groups in total. The monoisotopic (exact) mass is 392 g/mol. The SMILES string of the molecule is Cc1ccccc1C1=CCC(C(=O)C(=O)c2ccccc2)(c2ccccc2C)C=C1. The second-order valence-electron chi connectivity index (χ2n) is 7.82. The van der Waals surface area contributed by atoms with E-state index < -0.39 is 11.2 Å². The summed E-state index contributed by atoms with van der Waals surface area (Å²) in [4.78, 5) is 26.8. The van der Waals surface area contributed by atoms with E-state index in [1.807, 2.05) is 61.5 Å². The van der Waals surface area contributed by atoms with Crippen molar-refractivity contribution in [1.29, 1.82) is 0 Å². The van der Waals surface area contributed by atoms with Crippen molar-refractivity contribution in [3.05, 3.63) is 125 Å². The number of aryl methyl sites for hydroxylation is 2. The number of hydrogen-bond donors (Lipinski definition) is 0. The average Bonchev–Trinajstić information content (AvgIpc) is 2.79. The topological polar surface area (TPSA) is 34.1 Å². The summed E-state index contributed by atoms with van der Waals surface area (Å²) in [5.41, 5.74) is 4.73. The summed E-state index contributed by atoms with van der Waals surface area (Å²) in [5, 5.41) is 0. The second-order valence-corrected chi connectivity index (χ2v) is 7.82. The highest BCUT2D eigenvalue weighted by Crippen LogP contribution is 2.40. The number of carbonyl (C=O) groups excluding carboxylic acids is 2. The fourth-order valence-electron chi connectivity index (χ4n) is 4.22. The van der Waals surface area contributed by atoms with E-state index in [0.29, 0.717) is 12.0 Å². The molecular formula is C28H24O2. The molecule has 0 amide bonds. The lowest BCUT2D eigenvalue weighted by molar-refractivity contribution is -0.118. The first-order valence-corrected chi connectivity index (χ1v) is 10.2. The van der Waals surface area contributed by atoms with Gasteiger partial charge >= 0.3 is 0 Å². The normalized spacial score (nSPS) is 18.0. The first kappa shape index (κ1) is 19.8.